The lowest BCUT2D eigenvalue weighted by Gasteiger charge is -2.25. The van der Waals surface area contributed by atoms with Crippen molar-refractivity contribution >= 4 is 17.7 Å². The van der Waals surface area contributed by atoms with Gasteiger partial charge in [0.15, 0.2) is 11.0 Å². The first-order chi connectivity index (χ1) is 15.8. The summed E-state index contributed by atoms with van der Waals surface area (Å²) in [5.41, 5.74) is 2.00. The fourth-order valence-electron chi connectivity index (χ4n) is 3.63. The molecule has 5 rings (SSSR count). The van der Waals surface area contributed by atoms with Gasteiger partial charge in [0.2, 0.25) is 5.91 Å². The number of ether oxygens (including phenoxy) is 1. The van der Waals surface area contributed by atoms with Gasteiger partial charge in [0, 0.05) is 18.0 Å². The Bertz CT molecular complexity index is 1190. The number of aromatic nitrogens is 4. The molecule has 0 radical (unpaired) electrons. The molecule has 4 heterocycles. The third-order valence-corrected chi connectivity index (χ3v) is 6.09. The predicted octanol–water partition coefficient (Wildman–Crippen LogP) is 3.19. The molecule has 32 heavy (non-hydrogen) atoms. The van der Waals surface area contributed by atoms with Crippen molar-refractivity contribution in [1.82, 2.24) is 25.1 Å². The van der Waals surface area contributed by atoms with Crippen LogP contribution in [0.1, 0.15) is 11.3 Å². The number of fused-ring (bicyclic) bond motifs is 1. The van der Waals surface area contributed by atoms with Gasteiger partial charge in [-0.3, -0.25) is 14.3 Å². The standard InChI is InChI=1S/C23H21N5O3S/c29-21(25-18-12-17-4-1-2-6-20(17)31-14-18)15-32-23-27-26-22(16-7-9-24-10-8-16)28(23)13-19-5-3-11-30-19/h1-11,18H,12-15H2,(H,25,29). The first kappa shape index (κ1) is 20.3. The molecule has 1 amide bonds. The molecule has 8 nitrogen and oxygen atoms in total. The molecule has 0 aliphatic carbocycles. The third-order valence-electron chi connectivity index (χ3n) is 5.13. The number of carbonyl (C=O) groups is 1. The Labute approximate surface area is 189 Å². The number of benzene rings is 1. The molecule has 1 aliphatic rings. The van der Waals surface area contributed by atoms with Crippen molar-refractivity contribution in [2.45, 2.75) is 24.2 Å². The van der Waals surface area contributed by atoms with E-state index in [-0.39, 0.29) is 17.7 Å². The molecular weight excluding hydrogens is 426 g/mol. The molecule has 1 unspecified atom stereocenters. The number of nitrogens with one attached hydrogen (secondary N) is 1. The summed E-state index contributed by atoms with van der Waals surface area (Å²) in [5, 5.41) is 12.4. The normalized spacial score (nSPS) is 15.1. The Hall–Kier alpha value is -3.59. The van der Waals surface area contributed by atoms with Gasteiger partial charge in [-0.05, 0) is 42.3 Å². The summed E-state index contributed by atoms with van der Waals surface area (Å²) in [6.45, 7) is 0.934. The fourth-order valence-corrected chi connectivity index (χ4v) is 4.38. The Balaban J connectivity index is 1.27. The maximum absolute atomic E-state index is 12.6. The summed E-state index contributed by atoms with van der Waals surface area (Å²) in [6.07, 6.45) is 5.82. The summed E-state index contributed by atoms with van der Waals surface area (Å²) >= 11 is 1.35. The molecule has 3 aromatic heterocycles. The highest BCUT2D eigenvalue weighted by atomic mass is 32.2. The van der Waals surface area contributed by atoms with Crippen LogP contribution >= 0.6 is 11.8 Å². The van der Waals surface area contributed by atoms with Gasteiger partial charge in [-0.1, -0.05) is 30.0 Å². The molecule has 1 N–H and O–H groups in total. The van der Waals surface area contributed by atoms with Gasteiger partial charge in [-0.25, -0.2) is 0 Å². The van der Waals surface area contributed by atoms with E-state index in [1.54, 1.807) is 18.7 Å². The highest BCUT2D eigenvalue weighted by Gasteiger charge is 2.22. The quantitative estimate of drug-likeness (QED) is 0.435. The highest BCUT2D eigenvalue weighted by Crippen LogP contribution is 2.26. The van der Waals surface area contributed by atoms with Crippen LogP contribution in [0, 0.1) is 0 Å². The monoisotopic (exact) mass is 447 g/mol. The first-order valence-electron chi connectivity index (χ1n) is 10.2. The minimum Gasteiger partial charge on any atom is -0.491 e. The van der Waals surface area contributed by atoms with E-state index < -0.39 is 0 Å². The van der Waals surface area contributed by atoms with E-state index in [1.165, 1.54) is 11.8 Å². The second kappa shape index (κ2) is 9.27. The molecule has 1 aromatic carbocycles. The molecule has 0 saturated heterocycles. The molecular formula is C23H21N5O3S. The average Bonchev–Trinajstić information content (AvgIpc) is 3.49. The van der Waals surface area contributed by atoms with Gasteiger partial charge in [0.25, 0.3) is 0 Å². The molecule has 0 fully saturated rings. The molecule has 1 aliphatic heterocycles. The number of para-hydroxylation sites is 1. The van der Waals surface area contributed by atoms with Crippen LogP contribution in [0.3, 0.4) is 0 Å². The lowest BCUT2D eigenvalue weighted by molar-refractivity contribution is -0.119. The largest absolute Gasteiger partial charge is 0.491 e. The van der Waals surface area contributed by atoms with Crippen LogP contribution in [0.2, 0.25) is 0 Å². The number of pyridine rings is 1. The SMILES string of the molecule is O=C(CSc1nnc(-c2ccncc2)n1Cc1ccco1)NC1COc2ccccc2C1. The average molecular weight is 448 g/mol. The zero-order valence-corrected chi connectivity index (χ0v) is 18.0. The van der Waals surface area contributed by atoms with Gasteiger partial charge in [-0.15, -0.1) is 10.2 Å². The molecule has 0 spiro atoms. The van der Waals surface area contributed by atoms with Crippen molar-refractivity contribution in [2.24, 2.45) is 0 Å². The summed E-state index contributed by atoms with van der Waals surface area (Å²) in [5.74, 6) is 2.53. The van der Waals surface area contributed by atoms with Crippen molar-refractivity contribution in [3.8, 4) is 17.1 Å². The number of furan rings is 1. The van der Waals surface area contributed by atoms with Crippen LogP contribution in [0.25, 0.3) is 11.4 Å². The summed E-state index contributed by atoms with van der Waals surface area (Å²) in [6, 6.07) is 15.4. The van der Waals surface area contributed by atoms with E-state index >= 15 is 0 Å². The first-order valence-corrected chi connectivity index (χ1v) is 11.2. The number of hydrogen-bond acceptors (Lipinski definition) is 7. The smallest absolute Gasteiger partial charge is 0.230 e. The number of thioether (sulfide) groups is 1. The Morgan fingerprint density at radius 3 is 2.84 bits per heavy atom. The number of hydrogen-bond donors (Lipinski definition) is 1. The maximum Gasteiger partial charge on any atom is 0.230 e. The van der Waals surface area contributed by atoms with Gasteiger partial charge in [0.05, 0.1) is 24.6 Å². The van der Waals surface area contributed by atoms with Crippen LogP contribution in [0.4, 0.5) is 0 Å². The van der Waals surface area contributed by atoms with Crippen molar-refractivity contribution in [3.63, 3.8) is 0 Å². The minimum atomic E-state index is -0.0685. The molecule has 1 atom stereocenters. The zero-order chi connectivity index (χ0) is 21.8. The van der Waals surface area contributed by atoms with Crippen molar-refractivity contribution in [2.75, 3.05) is 12.4 Å². The Morgan fingerprint density at radius 2 is 2.00 bits per heavy atom. The second-order valence-electron chi connectivity index (χ2n) is 7.38. The van der Waals surface area contributed by atoms with Gasteiger partial charge in [-0.2, -0.15) is 0 Å². The van der Waals surface area contributed by atoms with Crippen LogP contribution in [-0.4, -0.2) is 44.1 Å². The summed E-state index contributed by atoms with van der Waals surface area (Å²) in [4.78, 5) is 16.7. The Morgan fingerprint density at radius 1 is 1.12 bits per heavy atom. The molecule has 162 valence electrons. The van der Waals surface area contributed by atoms with E-state index in [9.17, 15) is 4.79 Å². The number of amides is 1. The van der Waals surface area contributed by atoms with Crippen molar-refractivity contribution in [1.29, 1.82) is 0 Å². The van der Waals surface area contributed by atoms with Crippen LogP contribution in [-0.2, 0) is 17.8 Å². The van der Waals surface area contributed by atoms with Gasteiger partial charge < -0.3 is 14.5 Å². The maximum atomic E-state index is 12.6. The van der Waals surface area contributed by atoms with Crippen molar-refractivity contribution in [3.05, 3.63) is 78.5 Å². The fraction of sp³-hybridized carbons (Fsp3) is 0.217. The van der Waals surface area contributed by atoms with Crippen LogP contribution in [0.5, 0.6) is 5.75 Å². The van der Waals surface area contributed by atoms with Gasteiger partial charge >= 0.3 is 0 Å². The third kappa shape index (κ3) is 4.52. The number of rotatable bonds is 7. The topological polar surface area (TPSA) is 95.1 Å². The second-order valence-corrected chi connectivity index (χ2v) is 8.33. The minimum absolute atomic E-state index is 0.0497. The van der Waals surface area contributed by atoms with Crippen molar-refractivity contribution < 1.29 is 13.9 Å². The van der Waals surface area contributed by atoms with Gasteiger partial charge in [0.1, 0.15) is 18.1 Å². The molecule has 0 saturated carbocycles. The van der Waals surface area contributed by atoms with E-state index in [1.807, 2.05) is 53.1 Å². The summed E-state index contributed by atoms with van der Waals surface area (Å²) in [7, 11) is 0. The number of nitrogens with zero attached hydrogens (tertiary/aromatic N) is 4. The predicted molar refractivity (Wildman–Crippen MR) is 119 cm³/mol. The zero-order valence-electron chi connectivity index (χ0n) is 17.2. The number of carbonyl (C=O) groups excluding carboxylic acids is 1. The summed E-state index contributed by atoms with van der Waals surface area (Å²) < 4.78 is 13.2. The highest BCUT2D eigenvalue weighted by molar-refractivity contribution is 7.99. The lowest BCUT2D eigenvalue weighted by atomic mass is 10.0. The van der Waals surface area contributed by atoms with Crippen LogP contribution < -0.4 is 10.1 Å². The van der Waals surface area contributed by atoms with E-state index in [0.717, 1.165) is 29.1 Å². The Kier molecular flexibility index (Phi) is 5.89. The van der Waals surface area contributed by atoms with E-state index in [4.69, 9.17) is 9.15 Å². The van der Waals surface area contributed by atoms with Crippen LogP contribution in [0.15, 0.2) is 76.8 Å². The van der Waals surface area contributed by atoms with E-state index in [0.29, 0.717) is 24.1 Å². The van der Waals surface area contributed by atoms with E-state index in [2.05, 4.69) is 20.5 Å². The lowest BCUT2D eigenvalue weighted by Crippen LogP contribution is -2.43. The molecule has 9 heteroatoms. The molecule has 4 aromatic rings. The molecule has 0 bridgehead atoms.